The molecular weight excluding hydrogens is 150 g/mol. The van der Waals surface area contributed by atoms with E-state index in [4.69, 9.17) is 5.11 Å². The van der Waals surface area contributed by atoms with Gasteiger partial charge in [-0.1, -0.05) is 12.2 Å². The molecule has 12 heavy (non-hydrogen) atoms. The molecule has 0 radical (unpaired) electrons. The number of fused-ring (bicyclic) bond motifs is 2. The van der Waals surface area contributed by atoms with E-state index in [1.165, 1.54) is 19.3 Å². The molecule has 2 heterocycles. The number of aliphatic hydroxyl groups excluding tert-OH is 1. The van der Waals surface area contributed by atoms with Gasteiger partial charge in [0.2, 0.25) is 0 Å². The van der Waals surface area contributed by atoms with E-state index in [0.29, 0.717) is 12.6 Å². The number of aliphatic hydroxyl groups is 1. The van der Waals surface area contributed by atoms with E-state index in [1.807, 2.05) is 0 Å². The molecule has 68 valence electrons. The summed E-state index contributed by atoms with van der Waals surface area (Å²) in [6.07, 6.45) is 9.48. The van der Waals surface area contributed by atoms with Gasteiger partial charge in [0, 0.05) is 25.2 Å². The lowest BCUT2D eigenvalue weighted by atomic mass is 10.1. The Hall–Kier alpha value is -0.340. The smallest absolute Gasteiger partial charge is 0.0443 e. The van der Waals surface area contributed by atoms with Gasteiger partial charge in [-0.05, 0) is 25.7 Å². The van der Waals surface area contributed by atoms with Gasteiger partial charge in [-0.3, -0.25) is 4.90 Å². The van der Waals surface area contributed by atoms with Gasteiger partial charge >= 0.3 is 0 Å². The van der Waals surface area contributed by atoms with Crippen molar-refractivity contribution in [2.75, 3.05) is 13.2 Å². The second kappa shape index (κ2) is 3.58. The summed E-state index contributed by atoms with van der Waals surface area (Å²) >= 11 is 0. The van der Waals surface area contributed by atoms with E-state index in [9.17, 15) is 0 Å². The lowest BCUT2D eigenvalue weighted by Crippen LogP contribution is -2.38. The van der Waals surface area contributed by atoms with Gasteiger partial charge in [0.25, 0.3) is 0 Å². The number of rotatable bonds is 3. The van der Waals surface area contributed by atoms with Crippen molar-refractivity contribution < 1.29 is 5.11 Å². The highest BCUT2D eigenvalue weighted by Crippen LogP contribution is 2.31. The molecule has 2 atom stereocenters. The molecule has 1 fully saturated rings. The number of hydrogen-bond donors (Lipinski definition) is 1. The first-order valence-corrected chi connectivity index (χ1v) is 4.95. The highest BCUT2D eigenvalue weighted by Gasteiger charge is 2.32. The van der Waals surface area contributed by atoms with E-state index < -0.39 is 0 Å². The molecule has 0 aliphatic carbocycles. The maximum Gasteiger partial charge on any atom is 0.0443 e. The van der Waals surface area contributed by atoms with Crippen LogP contribution in [0.5, 0.6) is 0 Å². The topological polar surface area (TPSA) is 23.5 Å². The first-order chi connectivity index (χ1) is 5.92. The Morgan fingerprint density at radius 3 is 3.08 bits per heavy atom. The van der Waals surface area contributed by atoms with Crippen LogP contribution in [0.25, 0.3) is 0 Å². The number of nitrogens with zero attached hydrogens (tertiary/aromatic N) is 1. The Balaban J connectivity index is 1.93. The van der Waals surface area contributed by atoms with Crippen molar-refractivity contribution in [1.29, 1.82) is 0 Å². The van der Waals surface area contributed by atoms with Crippen LogP contribution >= 0.6 is 0 Å². The molecule has 2 rings (SSSR count). The van der Waals surface area contributed by atoms with Crippen LogP contribution in [0.4, 0.5) is 0 Å². The lowest BCUT2D eigenvalue weighted by Gasteiger charge is -2.30. The fourth-order valence-corrected chi connectivity index (χ4v) is 2.42. The van der Waals surface area contributed by atoms with Crippen molar-refractivity contribution in [3.8, 4) is 0 Å². The van der Waals surface area contributed by atoms with Gasteiger partial charge in [0.15, 0.2) is 0 Å². The first kappa shape index (κ1) is 8.27. The van der Waals surface area contributed by atoms with Gasteiger partial charge in [-0.2, -0.15) is 0 Å². The molecule has 2 aliphatic rings. The van der Waals surface area contributed by atoms with Gasteiger partial charge < -0.3 is 5.11 Å². The second-order valence-electron chi connectivity index (χ2n) is 3.78. The molecule has 2 heteroatoms. The molecule has 0 amide bonds. The third-order valence-corrected chi connectivity index (χ3v) is 3.03. The highest BCUT2D eigenvalue weighted by molar-refractivity contribution is 5.07. The standard InChI is InChI=1S/C10H17NO/c12-8-2-7-11-9-3-1-4-10(11)6-5-9/h1,3,9-10,12H,2,4-8H2. The molecule has 0 aromatic carbocycles. The van der Waals surface area contributed by atoms with Gasteiger partial charge in [0.1, 0.15) is 0 Å². The van der Waals surface area contributed by atoms with Crippen LogP contribution in [-0.4, -0.2) is 35.2 Å². The molecule has 1 N–H and O–H groups in total. The molecule has 2 bridgehead atoms. The van der Waals surface area contributed by atoms with Gasteiger partial charge in [-0.25, -0.2) is 0 Å². The predicted molar refractivity (Wildman–Crippen MR) is 49.0 cm³/mol. The van der Waals surface area contributed by atoms with Crippen LogP contribution in [0.3, 0.4) is 0 Å². The Labute approximate surface area is 73.9 Å². The molecule has 0 aromatic rings. The average Bonchev–Trinajstić information content (AvgIpc) is 2.36. The summed E-state index contributed by atoms with van der Waals surface area (Å²) in [5.41, 5.74) is 0. The van der Waals surface area contributed by atoms with Crippen molar-refractivity contribution >= 4 is 0 Å². The predicted octanol–water partition coefficient (Wildman–Crippen LogP) is 1.16. The Morgan fingerprint density at radius 2 is 2.33 bits per heavy atom. The third-order valence-electron chi connectivity index (χ3n) is 3.03. The maximum absolute atomic E-state index is 8.75. The summed E-state index contributed by atoms with van der Waals surface area (Å²) in [6.45, 7) is 1.41. The van der Waals surface area contributed by atoms with Crippen LogP contribution in [0.15, 0.2) is 12.2 Å². The van der Waals surface area contributed by atoms with Gasteiger partial charge in [-0.15, -0.1) is 0 Å². The van der Waals surface area contributed by atoms with Crippen molar-refractivity contribution in [3.63, 3.8) is 0 Å². The highest BCUT2D eigenvalue weighted by atomic mass is 16.3. The zero-order chi connectivity index (χ0) is 8.39. The Kier molecular flexibility index (Phi) is 2.47. The van der Waals surface area contributed by atoms with E-state index in [0.717, 1.165) is 19.0 Å². The fourth-order valence-electron chi connectivity index (χ4n) is 2.42. The molecule has 2 unspecified atom stereocenters. The normalized spacial score (nSPS) is 34.4. The summed E-state index contributed by atoms with van der Waals surface area (Å²) in [5.74, 6) is 0. The lowest BCUT2D eigenvalue weighted by molar-refractivity contribution is 0.182. The Bertz CT molecular complexity index is 179. The molecule has 0 aromatic heterocycles. The first-order valence-electron chi connectivity index (χ1n) is 4.95. The van der Waals surface area contributed by atoms with E-state index in [1.54, 1.807) is 0 Å². The summed E-state index contributed by atoms with van der Waals surface area (Å²) in [4.78, 5) is 2.55. The zero-order valence-corrected chi connectivity index (χ0v) is 7.45. The molecule has 1 saturated heterocycles. The minimum atomic E-state index is 0.333. The molecular formula is C10H17NO. The second-order valence-corrected chi connectivity index (χ2v) is 3.78. The Morgan fingerprint density at radius 1 is 1.42 bits per heavy atom. The van der Waals surface area contributed by atoms with Crippen LogP contribution in [0, 0.1) is 0 Å². The molecule has 2 aliphatic heterocycles. The third kappa shape index (κ3) is 1.41. The molecule has 0 saturated carbocycles. The quantitative estimate of drug-likeness (QED) is 0.638. The van der Waals surface area contributed by atoms with Crippen LogP contribution in [0.1, 0.15) is 25.7 Å². The van der Waals surface area contributed by atoms with E-state index in [-0.39, 0.29) is 0 Å². The maximum atomic E-state index is 8.75. The molecule has 0 spiro atoms. The minimum Gasteiger partial charge on any atom is -0.396 e. The van der Waals surface area contributed by atoms with Crippen LogP contribution < -0.4 is 0 Å². The van der Waals surface area contributed by atoms with Crippen molar-refractivity contribution in [3.05, 3.63) is 12.2 Å². The summed E-state index contributed by atoms with van der Waals surface area (Å²) in [7, 11) is 0. The van der Waals surface area contributed by atoms with E-state index >= 15 is 0 Å². The van der Waals surface area contributed by atoms with Crippen LogP contribution in [-0.2, 0) is 0 Å². The minimum absolute atomic E-state index is 0.333. The van der Waals surface area contributed by atoms with Crippen molar-refractivity contribution in [2.24, 2.45) is 0 Å². The monoisotopic (exact) mass is 167 g/mol. The zero-order valence-electron chi connectivity index (χ0n) is 7.45. The number of hydrogen-bond acceptors (Lipinski definition) is 2. The van der Waals surface area contributed by atoms with Gasteiger partial charge in [0.05, 0.1) is 0 Å². The van der Waals surface area contributed by atoms with E-state index in [2.05, 4.69) is 17.1 Å². The van der Waals surface area contributed by atoms with Crippen LogP contribution in [0.2, 0.25) is 0 Å². The summed E-state index contributed by atoms with van der Waals surface area (Å²) in [5, 5.41) is 8.75. The summed E-state index contributed by atoms with van der Waals surface area (Å²) < 4.78 is 0. The molecule has 2 nitrogen and oxygen atoms in total. The van der Waals surface area contributed by atoms with Crippen molar-refractivity contribution in [2.45, 2.75) is 37.8 Å². The summed E-state index contributed by atoms with van der Waals surface area (Å²) in [6, 6.07) is 1.47. The SMILES string of the molecule is OCCCN1C2C=CCC1CC2. The van der Waals surface area contributed by atoms with Crippen molar-refractivity contribution in [1.82, 2.24) is 4.90 Å². The fraction of sp³-hybridized carbons (Fsp3) is 0.800. The largest absolute Gasteiger partial charge is 0.396 e. The average molecular weight is 167 g/mol.